The second-order valence-corrected chi connectivity index (χ2v) is 8.16. The molecule has 174 valence electrons. The molecule has 0 saturated heterocycles. The van der Waals surface area contributed by atoms with Crippen LogP contribution in [0.2, 0.25) is 0 Å². The molecule has 4 rings (SSSR count). The second-order valence-electron chi connectivity index (χ2n) is 8.16. The first-order valence-electron chi connectivity index (χ1n) is 11.3. The fourth-order valence-electron chi connectivity index (χ4n) is 3.93. The van der Waals surface area contributed by atoms with E-state index in [-0.39, 0.29) is 5.91 Å². The Bertz CT molecular complexity index is 1330. The minimum absolute atomic E-state index is 0.155. The second kappa shape index (κ2) is 10.3. The molecule has 0 saturated carbocycles. The summed E-state index contributed by atoms with van der Waals surface area (Å²) in [6, 6.07) is 19.8. The van der Waals surface area contributed by atoms with Gasteiger partial charge in [-0.2, -0.15) is 0 Å². The molecular formula is C29H29NO4. The van der Waals surface area contributed by atoms with E-state index < -0.39 is 0 Å². The van der Waals surface area contributed by atoms with Gasteiger partial charge in [-0.05, 0) is 44.0 Å². The lowest BCUT2D eigenvalue weighted by atomic mass is 9.98. The maximum atomic E-state index is 12.7. The molecule has 0 spiro atoms. The van der Waals surface area contributed by atoms with Crippen molar-refractivity contribution in [2.45, 2.75) is 27.3 Å². The van der Waals surface area contributed by atoms with Gasteiger partial charge >= 0.3 is 0 Å². The number of para-hydroxylation sites is 1. The quantitative estimate of drug-likeness (QED) is 0.307. The van der Waals surface area contributed by atoms with Crippen molar-refractivity contribution in [3.63, 3.8) is 0 Å². The molecule has 3 aromatic carbocycles. The molecule has 0 aliphatic carbocycles. The third-order valence-electron chi connectivity index (χ3n) is 5.73. The van der Waals surface area contributed by atoms with Crippen molar-refractivity contribution >= 4 is 22.4 Å². The monoisotopic (exact) mass is 455 g/mol. The number of carbonyl (C=O) groups is 1. The van der Waals surface area contributed by atoms with Crippen LogP contribution >= 0.6 is 0 Å². The zero-order valence-electron chi connectivity index (χ0n) is 20.0. The third-order valence-corrected chi connectivity index (χ3v) is 5.73. The van der Waals surface area contributed by atoms with Crippen LogP contribution in [-0.4, -0.2) is 19.6 Å². The van der Waals surface area contributed by atoms with Crippen LogP contribution < -0.4 is 14.8 Å². The Morgan fingerprint density at radius 2 is 1.79 bits per heavy atom. The highest BCUT2D eigenvalue weighted by atomic mass is 16.5. The predicted octanol–water partition coefficient (Wildman–Crippen LogP) is 6.54. The molecule has 1 amide bonds. The van der Waals surface area contributed by atoms with E-state index in [9.17, 15) is 4.79 Å². The van der Waals surface area contributed by atoms with E-state index in [2.05, 4.69) is 5.32 Å². The minimum atomic E-state index is -0.155. The Labute approximate surface area is 200 Å². The first kappa shape index (κ1) is 23.2. The largest absolute Gasteiger partial charge is 0.496 e. The number of carbonyl (C=O) groups excluding carboxylic acids is 1. The molecule has 0 fully saturated rings. The van der Waals surface area contributed by atoms with Crippen LogP contribution in [0.4, 0.5) is 0 Å². The molecule has 0 atom stereocenters. The van der Waals surface area contributed by atoms with Gasteiger partial charge in [0.1, 0.15) is 17.1 Å². The summed E-state index contributed by atoms with van der Waals surface area (Å²) in [6.07, 6.45) is 3.34. The lowest BCUT2D eigenvalue weighted by molar-refractivity contribution is -0.116. The number of hydrogen-bond acceptors (Lipinski definition) is 4. The van der Waals surface area contributed by atoms with Gasteiger partial charge in [-0.25, -0.2) is 0 Å². The SMILES string of the molecule is CCOc1cc2occ(-c3ccccc3OC)c2cc1/C(C)=C/C(=O)NCc1ccc(C)cc1. The number of methoxy groups -OCH3 is 1. The van der Waals surface area contributed by atoms with Gasteiger partial charge < -0.3 is 19.2 Å². The summed E-state index contributed by atoms with van der Waals surface area (Å²) in [7, 11) is 1.65. The van der Waals surface area contributed by atoms with Crippen molar-refractivity contribution in [2.24, 2.45) is 0 Å². The van der Waals surface area contributed by atoms with E-state index in [1.54, 1.807) is 19.4 Å². The summed E-state index contributed by atoms with van der Waals surface area (Å²) < 4.78 is 17.3. The van der Waals surface area contributed by atoms with Crippen LogP contribution in [-0.2, 0) is 11.3 Å². The number of rotatable bonds is 8. The van der Waals surface area contributed by atoms with Crippen molar-refractivity contribution < 1.29 is 18.7 Å². The van der Waals surface area contributed by atoms with Crippen molar-refractivity contribution in [1.29, 1.82) is 0 Å². The van der Waals surface area contributed by atoms with Crippen molar-refractivity contribution in [1.82, 2.24) is 5.32 Å². The number of fused-ring (bicyclic) bond motifs is 1. The molecule has 0 aliphatic heterocycles. The lowest BCUT2D eigenvalue weighted by Gasteiger charge is -2.12. The predicted molar refractivity (Wildman–Crippen MR) is 136 cm³/mol. The third kappa shape index (κ3) is 4.99. The maximum absolute atomic E-state index is 12.7. The first-order valence-corrected chi connectivity index (χ1v) is 11.3. The highest BCUT2D eigenvalue weighted by molar-refractivity contribution is 6.01. The van der Waals surface area contributed by atoms with Crippen LogP contribution in [0.25, 0.3) is 27.7 Å². The number of allylic oxidation sites excluding steroid dienone is 1. The van der Waals surface area contributed by atoms with Gasteiger partial charge in [0.2, 0.25) is 5.91 Å². The zero-order valence-corrected chi connectivity index (χ0v) is 20.0. The molecule has 5 heteroatoms. The Hall–Kier alpha value is -3.99. The standard InChI is InChI=1S/C29H29NO4/c1-5-33-27-16-28-24(25(18-34-28)22-8-6-7-9-26(22)32-4)15-23(27)20(3)14-29(31)30-17-21-12-10-19(2)11-13-21/h6-16,18H,5,17H2,1-4H3,(H,30,31)/b20-14+. The highest BCUT2D eigenvalue weighted by Crippen LogP contribution is 2.40. The Morgan fingerprint density at radius 3 is 2.53 bits per heavy atom. The summed E-state index contributed by atoms with van der Waals surface area (Å²) in [5.74, 6) is 1.29. The summed E-state index contributed by atoms with van der Waals surface area (Å²) in [6.45, 7) is 6.87. The molecule has 1 N–H and O–H groups in total. The van der Waals surface area contributed by atoms with Crippen molar-refractivity contribution in [3.05, 3.63) is 89.7 Å². The Kier molecular flexibility index (Phi) is 7.02. The fraction of sp³-hybridized carbons (Fsp3) is 0.207. The summed E-state index contributed by atoms with van der Waals surface area (Å²) in [5, 5.41) is 3.89. The van der Waals surface area contributed by atoms with Gasteiger partial charge in [0.15, 0.2) is 0 Å². The van der Waals surface area contributed by atoms with E-state index in [0.29, 0.717) is 24.5 Å². The van der Waals surface area contributed by atoms with E-state index in [1.165, 1.54) is 5.56 Å². The summed E-state index contributed by atoms with van der Waals surface area (Å²) >= 11 is 0. The molecule has 0 aliphatic rings. The normalized spacial score (nSPS) is 11.5. The van der Waals surface area contributed by atoms with Crippen LogP contribution in [0.5, 0.6) is 11.5 Å². The van der Waals surface area contributed by atoms with Gasteiger partial charge in [-0.3, -0.25) is 4.79 Å². The van der Waals surface area contributed by atoms with Gasteiger partial charge in [0.05, 0.1) is 20.0 Å². The van der Waals surface area contributed by atoms with E-state index in [1.807, 2.05) is 81.4 Å². The van der Waals surface area contributed by atoms with Crippen LogP contribution in [0.3, 0.4) is 0 Å². The molecule has 1 heterocycles. The highest BCUT2D eigenvalue weighted by Gasteiger charge is 2.17. The molecule has 5 nitrogen and oxygen atoms in total. The van der Waals surface area contributed by atoms with Crippen LogP contribution in [0.15, 0.2) is 77.4 Å². The number of benzene rings is 3. The number of furan rings is 1. The van der Waals surface area contributed by atoms with E-state index in [0.717, 1.165) is 39.0 Å². The molecule has 1 aromatic heterocycles. The smallest absolute Gasteiger partial charge is 0.244 e. The van der Waals surface area contributed by atoms with Crippen LogP contribution in [0.1, 0.15) is 30.5 Å². The van der Waals surface area contributed by atoms with Gasteiger partial charge in [0.25, 0.3) is 0 Å². The van der Waals surface area contributed by atoms with Crippen molar-refractivity contribution in [2.75, 3.05) is 13.7 Å². The molecule has 0 bridgehead atoms. The average molecular weight is 456 g/mol. The lowest BCUT2D eigenvalue weighted by Crippen LogP contribution is -2.20. The molecule has 4 aromatic rings. The fourth-order valence-corrected chi connectivity index (χ4v) is 3.93. The average Bonchev–Trinajstić information content (AvgIpc) is 3.26. The van der Waals surface area contributed by atoms with Gasteiger partial charge in [0, 0.05) is 40.8 Å². The number of nitrogens with one attached hydrogen (secondary N) is 1. The topological polar surface area (TPSA) is 60.7 Å². The molecule has 0 unspecified atom stereocenters. The number of amides is 1. The van der Waals surface area contributed by atoms with E-state index >= 15 is 0 Å². The number of hydrogen-bond donors (Lipinski definition) is 1. The molecule has 0 radical (unpaired) electrons. The Balaban J connectivity index is 1.67. The van der Waals surface area contributed by atoms with E-state index in [4.69, 9.17) is 13.9 Å². The first-order chi connectivity index (χ1) is 16.5. The number of ether oxygens (including phenoxy) is 2. The maximum Gasteiger partial charge on any atom is 0.244 e. The molecule has 34 heavy (non-hydrogen) atoms. The van der Waals surface area contributed by atoms with Gasteiger partial charge in [-0.1, -0.05) is 48.0 Å². The van der Waals surface area contributed by atoms with Crippen molar-refractivity contribution in [3.8, 4) is 22.6 Å². The summed E-state index contributed by atoms with van der Waals surface area (Å²) in [4.78, 5) is 12.7. The molecular weight excluding hydrogens is 426 g/mol. The summed E-state index contributed by atoms with van der Waals surface area (Å²) in [5.41, 5.74) is 6.48. The van der Waals surface area contributed by atoms with Crippen LogP contribution in [0, 0.1) is 6.92 Å². The minimum Gasteiger partial charge on any atom is -0.496 e. The Morgan fingerprint density at radius 1 is 1.03 bits per heavy atom. The number of aryl methyl sites for hydroxylation is 1. The zero-order chi connectivity index (χ0) is 24.1. The van der Waals surface area contributed by atoms with Gasteiger partial charge in [-0.15, -0.1) is 0 Å².